The Morgan fingerprint density at radius 2 is 1.95 bits per heavy atom. The van der Waals surface area contributed by atoms with Gasteiger partial charge in [-0.1, -0.05) is 18.2 Å². The van der Waals surface area contributed by atoms with Crippen molar-refractivity contribution in [2.45, 2.75) is 25.6 Å². The van der Waals surface area contributed by atoms with Crippen LogP contribution in [0.4, 0.5) is 0 Å². The molecule has 1 aliphatic heterocycles. The summed E-state index contributed by atoms with van der Waals surface area (Å²) in [5, 5.41) is 12.0. The van der Waals surface area contributed by atoms with Crippen LogP contribution in [0, 0.1) is 11.8 Å². The van der Waals surface area contributed by atoms with Crippen molar-refractivity contribution in [2.75, 3.05) is 13.2 Å². The summed E-state index contributed by atoms with van der Waals surface area (Å²) in [6.07, 6.45) is 4.31. The van der Waals surface area contributed by atoms with Crippen molar-refractivity contribution in [3.63, 3.8) is 0 Å². The summed E-state index contributed by atoms with van der Waals surface area (Å²) < 4.78 is 5.44. The number of β-amino-alcohol motifs (C(OH)–C–C–N with tert-alkyl or cyclic N) is 1. The SMILES string of the molecule is O=C1C2CC=CCC2C(=O)N1CC(O)COCc1cccs1. The second-order valence-electron chi connectivity index (χ2n) is 5.69. The minimum atomic E-state index is -0.846. The Kier molecular flexibility index (Phi) is 4.71. The molecular formula is C16H19NO4S. The molecule has 1 aliphatic carbocycles. The molecule has 3 rings (SSSR count). The average Bonchev–Trinajstić information content (AvgIpc) is 3.11. The number of likely N-dealkylation sites (tertiary alicyclic amines) is 1. The van der Waals surface area contributed by atoms with Crippen molar-refractivity contribution >= 4 is 23.2 Å². The zero-order valence-corrected chi connectivity index (χ0v) is 13.0. The van der Waals surface area contributed by atoms with E-state index in [-0.39, 0.29) is 36.8 Å². The van der Waals surface area contributed by atoms with Crippen LogP contribution in [-0.4, -0.2) is 41.1 Å². The van der Waals surface area contributed by atoms with Crippen LogP contribution in [0.15, 0.2) is 29.7 Å². The molecule has 2 amide bonds. The zero-order valence-electron chi connectivity index (χ0n) is 12.2. The number of aliphatic hydroxyl groups is 1. The van der Waals surface area contributed by atoms with Crippen molar-refractivity contribution in [1.82, 2.24) is 4.90 Å². The fourth-order valence-electron chi connectivity index (χ4n) is 3.00. The fourth-order valence-corrected chi connectivity index (χ4v) is 3.64. The van der Waals surface area contributed by atoms with Gasteiger partial charge in [-0.2, -0.15) is 0 Å². The van der Waals surface area contributed by atoms with Gasteiger partial charge in [0, 0.05) is 4.88 Å². The smallest absolute Gasteiger partial charge is 0.233 e. The molecule has 3 unspecified atom stereocenters. The van der Waals surface area contributed by atoms with Gasteiger partial charge in [0.15, 0.2) is 0 Å². The lowest BCUT2D eigenvalue weighted by atomic mass is 9.85. The summed E-state index contributed by atoms with van der Waals surface area (Å²) in [4.78, 5) is 26.8. The molecule has 0 bridgehead atoms. The minimum absolute atomic E-state index is 0.0229. The zero-order chi connectivity index (χ0) is 15.5. The summed E-state index contributed by atoms with van der Waals surface area (Å²) in [5.74, 6) is -0.790. The van der Waals surface area contributed by atoms with Crippen molar-refractivity contribution in [3.8, 4) is 0 Å². The Labute approximate surface area is 133 Å². The number of aliphatic hydroxyl groups excluding tert-OH is 1. The van der Waals surface area contributed by atoms with Gasteiger partial charge in [-0.25, -0.2) is 0 Å². The van der Waals surface area contributed by atoms with Gasteiger partial charge in [0.25, 0.3) is 0 Å². The monoisotopic (exact) mass is 321 g/mol. The molecule has 118 valence electrons. The molecule has 1 fully saturated rings. The van der Waals surface area contributed by atoms with Gasteiger partial charge in [0.05, 0.1) is 37.7 Å². The maximum Gasteiger partial charge on any atom is 0.233 e. The number of hydrogen-bond donors (Lipinski definition) is 1. The van der Waals surface area contributed by atoms with Crippen molar-refractivity contribution in [3.05, 3.63) is 34.5 Å². The molecule has 0 aromatic carbocycles. The largest absolute Gasteiger partial charge is 0.389 e. The standard InChI is InChI=1S/C16H19NO4S/c18-11(9-21-10-12-4-3-7-22-12)8-17-15(19)13-5-1-2-6-14(13)16(17)20/h1-4,7,11,13-14,18H,5-6,8-10H2. The van der Waals surface area contributed by atoms with E-state index in [4.69, 9.17) is 4.74 Å². The quantitative estimate of drug-likeness (QED) is 0.638. The molecule has 5 nitrogen and oxygen atoms in total. The number of nitrogens with zero attached hydrogens (tertiary/aromatic N) is 1. The number of imide groups is 1. The molecule has 2 heterocycles. The van der Waals surface area contributed by atoms with Crippen molar-refractivity contribution in [1.29, 1.82) is 0 Å². The van der Waals surface area contributed by atoms with Crippen molar-refractivity contribution < 1.29 is 19.4 Å². The Morgan fingerprint density at radius 3 is 2.55 bits per heavy atom. The Morgan fingerprint density at radius 1 is 1.27 bits per heavy atom. The molecule has 0 spiro atoms. The van der Waals surface area contributed by atoms with E-state index in [0.717, 1.165) is 4.88 Å². The Balaban J connectivity index is 1.50. The average molecular weight is 321 g/mol. The maximum absolute atomic E-state index is 12.3. The van der Waals surface area contributed by atoms with Crippen LogP contribution >= 0.6 is 11.3 Å². The van der Waals surface area contributed by atoms with E-state index < -0.39 is 6.10 Å². The lowest BCUT2D eigenvalue weighted by Gasteiger charge is -2.19. The van der Waals surface area contributed by atoms with Gasteiger partial charge in [-0.05, 0) is 24.3 Å². The third kappa shape index (κ3) is 3.14. The van der Waals surface area contributed by atoms with Gasteiger partial charge in [0.2, 0.25) is 11.8 Å². The number of rotatable bonds is 6. The molecular weight excluding hydrogens is 302 g/mol. The molecule has 0 saturated carbocycles. The maximum atomic E-state index is 12.3. The third-order valence-corrected chi connectivity index (χ3v) is 4.98. The van der Waals surface area contributed by atoms with E-state index in [1.54, 1.807) is 11.3 Å². The number of thiophene rings is 1. The van der Waals surface area contributed by atoms with Crippen LogP contribution in [0.2, 0.25) is 0 Å². The molecule has 2 aliphatic rings. The first-order valence-corrected chi connectivity index (χ1v) is 8.33. The van der Waals surface area contributed by atoms with E-state index in [1.165, 1.54) is 4.90 Å². The second-order valence-corrected chi connectivity index (χ2v) is 6.72. The fraction of sp³-hybridized carbons (Fsp3) is 0.500. The normalized spacial score (nSPS) is 25.6. The molecule has 3 atom stereocenters. The predicted octanol–water partition coefficient (Wildman–Crippen LogP) is 1.58. The predicted molar refractivity (Wildman–Crippen MR) is 82.1 cm³/mol. The number of hydrogen-bond acceptors (Lipinski definition) is 5. The lowest BCUT2D eigenvalue weighted by molar-refractivity contribution is -0.142. The second kappa shape index (κ2) is 6.73. The highest BCUT2D eigenvalue weighted by atomic mass is 32.1. The van der Waals surface area contributed by atoms with Gasteiger partial charge in [0.1, 0.15) is 0 Å². The molecule has 6 heteroatoms. The van der Waals surface area contributed by atoms with Crippen molar-refractivity contribution in [2.24, 2.45) is 11.8 Å². The summed E-state index contributed by atoms with van der Waals surface area (Å²) in [5.41, 5.74) is 0. The summed E-state index contributed by atoms with van der Waals surface area (Å²) in [6.45, 7) is 0.573. The third-order valence-electron chi connectivity index (χ3n) is 4.13. The number of fused-ring (bicyclic) bond motifs is 1. The van der Waals surface area contributed by atoms with Gasteiger partial charge in [-0.15, -0.1) is 11.3 Å². The van der Waals surface area contributed by atoms with E-state index in [2.05, 4.69) is 0 Å². The van der Waals surface area contributed by atoms with E-state index >= 15 is 0 Å². The Bertz CT molecular complexity index is 543. The molecule has 1 aromatic rings. The first-order chi connectivity index (χ1) is 10.7. The van der Waals surface area contributed by atoms with E-state index in [1.807, 2.05) is 29.7 Å². The van der Waals surface area contributed by atoms with Crippen LogP contribution in [-0.2, 0) is 20.9 Å². The Hall–Kier alpha value is -1.50. The van der Waals surface area contributed by atoms with E-state index in [9.17, 15) is 14.7 Å². The van der Waals surface area contributed by atoms with Crippen LogP contribution in [0.1, 0.15) is 17.7 Å². The summed E-state index contributed by atoms with van der Waals surface area (Å²) >= 11 is 1.59. The van der Waals surface area contributed by atoms with Crippen LogP contribution in [0.5, 0.6) is 0 Å². The van der Waals surface area contributed by atoms with Crippen LogP contribution < -0.4 is 0 Å². The lowest BCUT2D eigenvalue weighted by Crippen LogP contribution is -2.39. The van der Waals surface area contributed by atoms with Gasteiger partial charge in [-0.3, -0.25) is 14.5 Å². The molecule has 1 saturated heterocycles. The molecule has 1 aromatic heterocycles. The molecule has 1 N–H and O–H groups in total. The van der Waals surface area contributed by atoms with E-state index in [0.29, 0.717) is 19.4 Å². The number of amides is 2. The highest BCUT2D eigenvalue weighted by Gasteiger charge is 2.47. The first-order valence-electron chi connectivity index (χ1n) is 7.45. The summed E-state index contributed by atoms with van der Waals surface area (Å²) in [6, 6.07) is 3.90. The number of carbonyl (C=O) groups is 2. The number of allylic oxidation sites excluding steroid dienone is 2. The van der Waals surface area contributed by atoms with Crippen LogP contribution in [0.25, 0.3) is 0 Å². The minimum Gasteiger partial charge on any atom is -0.389 e. The highest BCUT2D eigenvalue weighted by Crippen LogP contribution is 2.35. The summed E-state index contributed by atoms with van der Waals surface area (Å²) in [7, 11) is 0. The van der Waals surface area contributed by atoms with Gasteiger partial charge >= 0.3 is 0 Å². The number of carbonyl (C=O) groups excluding carboxylic acids is 2. The molecule has 0 radical (unpaired) electrons. The molecule has 22 heavy (non-hydrogen) atoms. The highest BCUT2D eigenvalue weighted by molar-refractivity contribution is 7.09. The van der Waals surface area contributed by atoms with Crippen LogP contribution in [0.3, 0.4) is 0 Å². The topological polar surface area (TPSA) is 66.8 Å². The van der Waals surface area contributed by atoms with Gasteiger partial charge < -0.3 is 9.84 Å². The first kappa shape index (κ1) is 15.4. The number of ether oxygens (including phenoxy) is 1.